The molecular weight excluding hydrogens is 355 g/mol. The Balaban J connectivity index is 0.00000132. The van der Waals surface area contributed by atoms with E-state index in [0.29, 0.717) is 12.2 Å². The molecule has 1 amide bonds. The molecule has 5 nitrogen and oxygen atoms in total. The van der Waals surface area contributed by atoms with Crippen molar-refractivity contribution in [3.8, 4) is 0 Å². The van der Waals surface area contributed by atoms with Gasteiger partial charge in [-0.1, -0.05) is 12.8 Å². The normalized spacial score (nSPS) is 19.3. The highest BCUT2D eigenvalue weighted by Gasteiger charge is 2.28. The fourth-order valence-corrected chi connectivity index (χ4v) is 4.16. The first-order valence-corrected chi connectivity index (χ1v) is 8.83. The predicted molar refractivity (Wildman–Crippen MR) is 99.1 cm³/mol. The lowest BCUT2D eigenvalue weighted by Gasteiger charge is -2.37. The average molecular weight is 381 g/mol. The number of hydrogen-bond acceptors (Lipinski definition) is 5. The summed E-state index contributed by atoms with van der Waals surface area (Å²) < 4.78 is 0. The SMILES string of the molecule is Cl.Cl.NCCc1nc(C(=O)N2CCN(C3CCCC3)CC2)cs1. The van der Waals surface area contributed by atoms with Crippen LogP contribution in [0.1, 0.15) is 41.2 Å². The number of thiazole rings is 1. The number of carbonyl (C=O) groups excluding carboxylic acids is 1. The van der Waals surface area contributed by atoms with Gasteiger partial charge in [0.2, 0.25) is 0 Å². The molecule has 2 N–H and O–H groups in total. The molecule has 2 fully saturated rings. The van der Waals surface area contributed by atoms with Crippen molar-refractivity contribution in [1.82, 2.24) is 14.8 Å². The van der Waals surface area contributed by atoms with Gasteiger partial charge >= 0.3 is 0 Å². The third-order valence-electron chi connectivity index (χ3n) is 4.57. The van der Waals surface area contributed by atoms with Crippen molar-refractivity contribution in [2.75, 3.05) is 32.7 Å². The minimum absolute atomic E-state index is 0. The zero-order valence-electron chi connectivity index (χ0n) is 13.3. The maximum atomic E-state index is 12.5. The van der Waals surface area contributed by atoms with Gasteiger partial charge in [0.1, 0.15) is 5.69 Å². The number of rotatable bonds is 4. The highest BCUT2D eigenvalue weighted by atomic mass is 35.5. The molecule has 1 aromatic heterocycles. The summed E-state index contributed by atoms with van der Waals surface area (Å²) in [5, 5.41) is 2.84. The van der Waals surface area contributed by atoms with E-state index in [-0.39, 0.29) is 30.7 Å². The zero-order chi connectivity index (χ0) is 14.7. The van der Waals surface area contributed by atoms with Gasteiger partial charge in [0.05, 0.1) is 5.01 Å². The van der Waals surface area contributed by atoms with Crippen molar-refractivity contribution in [3.63, 3.8) is 0 Å². The van der Waals surface area contributed by atoms with E-state index >= 15 is 0 Å². The molecule has 1 aromatic rings. The largest absolute Gasteiger partial charge is 0.335 e. The van der Waals surface area contributed by atoms with Gasteiger partial charge in [-0.25, -0.2) is 4.98 Å². The Morgan fingerprint density at radius 3 is 2.48 bits per heavy atom. The van der Waals surface area contributed by atoms with Gasteiger partial charge in [0, 0.05) is 44.0 Å². The van der Waals surface area contributed by atoms with E-state index in [0.717, 1.165) is 43.6 Å². The topological polar surface area (TPSA) is 62.5 Å². The molecule has 2 aliphatic rings. The number of carbonyl (C=O) groups is 1. The first kappa shape index (κ1) is 20.6. The summed E-state index contributed by atoms with van der Waals surface area (Å²) in [5.74, 6) is 0.0839. The minimum atomic E-state index is 0. The van der Waals surface area contributed by atoms with Gasteiger partial charge in [-0.3, -0.25) is 9.69 Å². The van der Waals surface area contributed by atoms with Crippen LogP contribution in [-0.2, 0) is 6.42 Å². The van der Waals surface area contributed by atoms with Gasteiger partial charge in [0.15, 0.2) is 0 Å². The van der Waals surface area contributed by atoms with Gasteiger partial charge in [0.25, 0.3) is 5.91 Å². The quantitative estimate of drug-likeness (QED) is 0.869. The molecule has 0 bridgehead atoms. The second-order valence-corrected chi connectivity index (χ2v) is 6.87. The van der Waals surface area contributed by atoms with E-state index in [9.17, 15) is 4.79 Å². The molecule has 0 atom stereocenters. The van der Waals surface area contributed by atoms with Crippen molar-refractivity contribution < 1.29 is 4.79 Å². The molecule has 132 valence electrons. The van der Waals surface area contributed by atoms with Crippen molar-refractivity contribution in [2.45, 2.75) is 38.1 Å². The number of aromatic nitrogens is 1. The van der Waals surface area contributed by atoms with Gasteiger partial charge < -0.3 is 10.6 Å². The number of nitrogens with zero attached hydrogens (tertiary/aromatic N) is 3. The smallest absolute Gasteiger partial charge is 0.273 e. The van der Waals surface area contributed by atoms with Crippen LogP contribution in [0.5, 0.6) is 0 Å². The van der Waals surface area contributed by atoms with Gasteiger partial charge in [-0.05, 0) is 19.4 Å². The second-order valence-electron chi connectivity index (χ2n) is 5.93. The van der Waals surface area contributed by atoms with Crippen LogP contribution >= 0.6 is 36.2 Å². The van der Waals surface area contributed by atoms with Crippen LogP contribution in [0.25, 0.3) is 0 Å². The Bertz CT molecular complexity index is 486. The minimum Gasteiger partial charge on any atom is -0.335 e. The molecule has 8 heteroatoms. The summed E-state index contributed by atoms with van der Waals surface area (Å²) in [6, 6.07) is 0.762. The van der Waals surface area contributed by atoms with Crippen LogP contribution in [0.15, 0.2) is 5.38 Å². The third-order valence-corrected chi connectivity index (χ3v) is 5.48. The Kier molecular flexibility index (Phi) is 8.79. The zero-order valence-corrected chi connectivity index (χ0v) is 15.7. The maximum Gasteiger partial charge on any atom is 0.273 e. The van der Waals surface area contributed by atoms with E-state index in [2.05, 4.69) is 9.88 Å². The van der Waals surface area contributed by atoms with Crippen LogP contribution in [-0.4, -0.2) is 59.5 Å². The van der Waals surface area contributed by atoms with Crippen LogP contribution in [0, 0.1) is 0 Å². The van der Waals surface area contributed by atoms with Crippen molar-refractivity contribution >= 4 is 42.1 Å². The Morgan fingerprint density at radius 1 is 1.22 bits per heavy atom. The molecule has 1 aliphatic heterocycles. The molecule has 1 aliphatic carbocycles. The highest BCUT2D eigenvalue weighted by molar-refractivity contribution is 7.09. The molecule has 1 saturated heterocycles. The van der Waals surface area contributed by atoms with E-state index < -0.39 is 0 Å². The number of hydrogen-bond donors (Lipinski definition) is 1. The summed E-state index contributed by atoms with van der Waals surface area (Å²) in [6.07, 6.45) is 6.16. The average Bonchev–Trinajstić information content (AvgIpc) is 3.19. The fourth-order valence-electron chi connectivity index (χ4n) is 3.37. The predicted octanol–water partition coefficient (Wildman–Crippen LogP) is 2.19. The maximum absolute atomic E-state index is 12.5. The summed E-state index contributed by atoms with van der Waals surface area (Å²) in [4.78, 5) is 21.4. The summed E-state index contributed by atoms with van der Waals surface area (Å²) in [5.41, 5.74) is 6.12. The van der Waals surface area contributed by atoms with Gasteiger partial charge in [-0.2, -0.15) is 0 Å². The highest BCUT2D eigenvalue weighted by Crippen LogP contribution is 2.24. The second kappa shape index (κ2) is 9.79. The first-order valence-electron chi connectivity index (χ1n) is 7.95. The standard InChI is InChI=1S/C15H24N4OS.2ClH/c16-6-5-14-17-13(11-21-14)15(20)19-9-7-18(8-10-19)12-3-1-2-4-12;;/h11-12H,1-10,16H2;2*1H. The molecule has 0 unspecified atom stereocenters. The summed E-state index contributed by atoms with van der Waals surface area (Å²) >= 11 is 1.54. The molecule has 3 rings (SSSR count). The number of halogens is 2. The lowest BCUT2D eigenvalue weighted by atomic mass is 10.2. The fraction of sp³-hybridized carbons (Fsp3) is 0.733. The number of nitrogens with two attached hydrogens (primary N) is 1. The van der Waals surface area contributed by atoms with Crippen molar-refractivity contribution in [2.24, 2.45) is 5.73 Å². The Morgan fingerprint density at radius 2 is 1.87 bits per heavy atom. The van der Waals surface area contributed by atoms with Crippen molar-refractivity contribution in [1.29, 1.82) is 0 Å². The monoisotopic (exact) mass is 380 g/mol. The lowest BCUT2D eigenvalue weighted by molar-refractivity contribution is 0.0568. The molecule has 0 aromatic carbocycles. The summed E-state index contributed by atoms with van der Waals surface area (Å²) in [6.45, 7) is 4.27. The molecule has 1 saturated carbocycles. The lowest BCUT2D eigenvalue weighted by Crippen LogP contribution is -2.51. The first-order chi connectivity index (χ1) is 10.3. The Hall–Kier alpha value is -0.400. The molecular formula is C15H26Cl2N4OS. The number of piperazine rings is 1. The van der Waals surface area contributed by atoms with E-state index in [1.807, 2.05) is 10.3 Å². The van der Waals surface area contributed by atoms with Crippen LogP contribution < -0.4 is 5.73 Å². The summed E-state index contributed by atoms with van der Waals surface area (Å²) in [7, 11) is 0. The van der Waals surface area contributed by atoms with E-state index in [4.69, 9.17) is 5.73 Å². The molecule has 0 radical (unpaired) electrons. The molecule has 0 spiro atoms. The third kappa shape index (κ3) is 5.03. The van der Waals surface area contributed by atoms with E-state index in [1.54, 1.807) is 0 Å². The van der Waals surface area contributed by atoms with Gasteiger partial charge in [-0.15, -0.1) is 36.2 Å². The van der Waals surface area contributed by atoms with Crippen LogP contribution in [0.2, 0.25) is 0 Å². The Labute approximate surface area is 154 Å². The van der Waals surface area contributed by atoms with Crippen molar-refractivity contribution in [3.05, 3.63) is 16.1 Å². The van der Waals surface area contributed by atoms with E-state index in [1.165, 1.54) is 37.0 Å². The molecule has 23 heavy (non-hydrogen) atoms. The van der Waals surface area contributed by atoms with Crippen LogP contribution in [0.3, 0.4) is 0 Å². The molecule has 2 heterocycles. The van der Waals surface area contributed by atoms with Crippen LogP contribution in [0.4, 0.5) is 0 Å². The number of amides is 1.